The summed E-state index contributed by atoms with van der Waals surface area (Å²) in [4.78, 5) is 0. The van der Waals surface area contributed by atoms with Crippen molar-refractivity contribution < 1.29 is 4.42 Å². The van der Waals surface area contributed by atoms with Crippen LogP contribution in [0.2, 0.25) is 0 Å². The van der Waals surface area contributed by atoms with Crippen LogP contribution < -0.4 is 0 Å². The van der Waals surface area contributed by atoms with Crippen LogP contribution in [0, 0.1) is 0 Å². The quantitative estimate of drug-likeness (QED) is 0.565. The molecule has 3 aromatic rings. The van der Waals surface area contributed by atoms with Crippen molar-refractivity contribution >= 4 is 28.0 Å². The Morgan fingerprint density at radius 2 is 1.73 bits per heavy atom. The van der Waals surface area contributed by atoms with Gasteiger partial charge in [0.15, 0.2) is 0 Å². The molecule has 1 heterocycles. The van der Waals surface area contributed by atoms with Crippen molar-refractivity contribution in [1.29, 1.82) is 0 Å². The van der Waals surface area contributed by atoms with Crippen LogP contribution in [0.4, 0.5) is 0 Å². The topological polar surface area (TPSA) is 13.1 Å². The molecule has 0 atom stereocenters. The highest BCUT2D eigenvalue weighted by Crippen LogP contribution is 2.31. The zero-order chi connectivity index (χ0) is 10.3. The van der Waals surface area contributed by atoms with Crippen molar-refractivity contribution in [3.63, 3.8) is 0 Å². The molecule has 0 N–H and O–H groups in total. The van der Waals surface area contributed by atoms with Crippen LogP contribution in [0.5, 0.6) is 0 Å². The Labute approximate surface area is 87.6 Å². The highest BCUT2D eigenvalue weighted by Gasteiger charge is 2.07. The van der Waals surface area contributed by atoms with Gasteiger partial charge in [0.05, 0.1) is 0 Å². The van der Waals surface area contributed by atoms with Gasteiger partial charge < -0.3 is 4.42 Å². The monoisotopic (exact) mass is 194 g/mol. The molecule has 0 amide bonds. The fraction of sp³-hybridized carbons (Fsp3) is 0. The molecule has 1 aromatic heterocycles. The van der Waals surface area contributed by atoms with Gasteiger partial charge in [-0.25, -0.2) is 0 Å². The summed E-state index contributed by atoms with van der Waals surface area (Å²) in [5.41, 5.74) is 2.98. The van der Waals surface area contributed by atoms with E-state index in [1.165, 1.54) is 0 Å². The zero-order valence-corrected chi connectivity index (χ0v) is 8.23. The second kappa shape index (κ2) is 2.99. The summed E-state index contributed by atoms with van der Waals surface area (Å²) in [7, 11) is 0. The molecule has 0 saturated carbocycles. The number of hydrogen-bond donors (Lipinski definition) is 0. The summed E-state index contributed by atoms with van der Waals surface area (Å²) in [6.07, 6.45) is 1.87. The Hall–Kier alpha value is -2.02. The minimum Gasteiger partial charge on any atom is -0.456 e. The van der Waals surface area contributed by atoms with Gasteiger partial charge in [-0.05, 0) is 17.7 Å². The molecule has 3 rings (SSSR count). The second-order valence-electron chi connectivity index (χ2n) is 3.52. The normalized spacial score (nSPS) is 10.9. The van der Waals surface area contributed by atoms with E-state index in [9.17, 15) is 0 Å². The lowest BCUT2D eigenvalue weighted by Gasteiger charge is -1.94. The van der Waals surface area contributed by atoms with Gasteiger partial charge in [0.25, 0.3) is 0 Å². The van der Waals surface area contributed by atoms with Crippen molar-refractivity contribution in [3.8, 4) is 0 Å². The molecule has 0 spiro atoms. The first-order valence-corrected chi connectivity index (χ1v) is 4.93. The zero-order valence-electron chi connectivity index (χ0n) is 8.23. The molecule has 0 aliphatic rings. The summed E-state index contributed by atoms with van der Waals surface area (Å²) in [5.74, 6) is 0. The molecule has 1 nitrogen and oxygen atoms in total. The first-order chi connectivity index (χ1) is 7.40. The summed E-state index contributed by atoms with van der Waals surface area (Å²) < 4.78 is 5.75. The minimum absolute atomic E-state index is 0.925. The summed E-state index contributed by atoms with van der Waals surface area (Å²) >= 11 is 0. The summed E-state index contributed by atoms with van der Waals surface area (Å²) in [5, 5.41) is 2.31. The second-order valence-corrected chi connectivity index (χ2v) is 3.52. The van der Waals surface area contributed by atoms with Crippen molar-refractivity contribution in [3.05, 3.63) is 54.6 Å². The third kappa shape index (κ3) is 1.10. The Balaban J connectivity index is 2.62. The van der Waals surface area contributed by atoms with E-state index in [0.29, 0.717) is 0 Å². The van der Waals surface area contributed by atoms with Gasteiger partial charge >= 0.3 is 0 Å². The van der Waals surface area contributed by atoms with E-state index >= 15 is 0 Å². The third-order valence-electron chi connectivity index (χ3n) is 2.65. The first kappa shape index (κ1) is 8.30. The van der Waals surface area contributed by atoms with E-state index < -0.39 is 0 Å². The van der Waals surface area contributed by atoms with Gasteiger partial charge in [-0.15, -0.1) is 0 Å². The van der Waals surface area contributed by atoms with Gasteiger partial charge in [-0.1, -0.05) is 43.0 Å². The first-order valence-electron chi connectivity index (χ1n) is 4.93. The lowest BCUT2D eigenvalue weighted by Crippen LogP contribution is -1.72. The Kier molecular flexibility index (Phi) is 1.65. The molecule has 0 radical (unpaired) electrons. The smallest absolute Gasteiger partial charge is 0.136 e. The van der Waals surface area contributed by atoms with Crippen molar-refractivity contribution in [2.24, 2.45) is 0 Å². The molecular weight excluding hydrogens is 184 g/mol. The fourth-order valence-electron chi connectivity index (χ4n) is 1.97. The number of hydrogen-bond acceptors (Lipinski definition) is 1. The molecule has 0 aliphatic heterocycles. The third-order valence-corrected chi connectivity index (χ3v) is 2.65. The SMILES string of the molecule is C=Cc1cccc2oc3ccccc3c12. The van der Waals surface area contributed by atoms with E-state index in [0.717, 1.165) is 27.5 Å². The summed E-state index contributed by atoms with van der Waals surface area (Å²) in [6, 6.07) is 14.1. The highest BCUT2D eigenvalue weighted by atomic mass is 16.3. The maximum absolute atomic E-state index is 5.75. The number of rotatable bonds is 1. The molecule has 0 fully saturated rings. The highest BCUT2D eigenvalue weighted by molar-refractivity contribution is 6.08. The van der Waals surface area contributed by atoms with Crippen LogP contribution in [0.25, 0.3) is 28.0 Å². The molecule has 0 saturated heterocycles. The molecule has 2 aromatic carbocycles. The van der Waals surface area contributed by atoms with Crippen molar-refractivity contribution in [2.75, 3.05) is 0 Å². The molecule has 72 valence electrons. The molecule has 15 heavy (non-hydrogen) atoms. The van der Waals surface area contributed by atoms with Gasteiger partial charge in [-0.2, -0.15) is 0 Å². The average Bonchev–Trinajstić information content (AvgIpc) is 2.67. The van der Waals surface area contributed by atoms with E-state index in [1.807, 2.05) is 36.4 Å². The van der Waals surface area contributed by atoms with Crippen LogP contribution in [-0.4, -0.2) is 0 Å². The van der Waals surface area contributed by atoms with Crippen molar-refractivity contribution in [1.82, 2.24) is 0 Å². The van der Waals surface area contributed by atoms with Crippen LogP contribution in [0.3, 0.4) is 0 Å². The Bertz CT molecular complexity index is 647. The van der Waals surface area contributed by atoms with Gasteiger partial charge in [-0.3, -0.25) is 0 Å². The fourth-order valence-corrected chi connectivity index (χ4v) is 1.97. The lowest BCUT2D eigenvalue weighted by molar-refractivity contribution is 0.669. The minimum atomic E-state index is 0.925. The van der Waals surface area contributed by atoms with Gasteiger partial charge in [0.1, 0.15) is 11.2 Å². The number of para-hydroxylation sites is 1. The Morgan fingerprint density at radius 3 is 2.60 bits per heavy atom. The van der Waals surface area contributed by atoms with E-state index in [-0.39, 0.29) is 0 Å². The standard InChI is InChI=1S/C14H10O/c1-2-10-6-5-9-13-14(10)11-7-3-4-8-12(11)15-13/h2-9H,1H2. The van der Waals surface area contributed by atoms with E-state index in [4.69, 9.17) is 4.42 Å². The van der Waals surface area contributed by atoms with Gasteiger partial charge in [0.2, 0.25) is 0 Å². The molecule has 0 bridgehead atoms. The van der Waals surface area contributed by atoms with Crippen LogP contribution in [-0.2, 0) is 0 Å². The number of furan rings is 1. The van der Waals surface area contributed by atoms with Crippen molar-refractivity contribution in [2.45, 2.75) is 0 Å². The summed E-state index contributed by atoms with van der Waals surface area (Å²) in [6.45, 7) is 3.83. The van der Waals surface area contributed by atoms with Crippen LogP contribution in [0.15, 0.2) is 53.5 Å². The van der Waals surface area contributed by atoms with E-state index in [1.54, 1.807) is 0 Å². The Morgan fingerprint density at radius 1 is 0.933 bits per heavy atom. The number of fused-ring (bicyclic) bond motifs is 3. The van der Waals surface area contributed by atoms with Crippen LogP contribution >= 0.6 is 0 Å². The molecular formula is C14H10O. The maximum atomic E-state index is 5.75. The largest absolute Gasteiger partial charge is 0.456 e. The van der Waals surface area contributed by atoms with Crippen LogP contribution in [0.1, 0.15) is 5.56 Å². The molecule has 0 unspecified atom stereocenters. The van der Waals surface area contributed by atoms with Gasteiger partial charge in [0, 0.05) is 10.8 Å². The molecule has 0 aliphatic carbocycles. The predicted molar refractivity (Wildman–Crippen MR) is 63.8 cm³/mol. The predicted octanol–water partition coefficient (Wildman–Crippen LogP) is 4.23. The number of benzene rings is 2. The average molecular weight is 194 g/mol. The molecule has 1 heteroatoms. The lowest BCUT2D eigenvalue weighted by atomic mass is 10.1. The maximum Gasteiger partial charge on any atom is 0.136 e. The van der Waals surface area contributed by atoms with E-state index in [2.05, 4.69) is 18.7 Å².